The van der Waals surface area contributed by atoms with Gasteiger partial charge in [0.1, 0.15) is 30.3 Å². The molecule has 0 saturated carbocycles. The van der Waals surface area contributed by atoms with Gasteiger partial charge in [0.2, 0.25) is 5.91 Å². The van der Waals surface area contributed by atoms with E-state index in [4.69, 9.17) is 15.2 Å². The number of ether oxygens (including phenoxy) is 2. The molecule has 1 fully saturated rings. The number of rotatable bonds is 9. The number of thiophene rings is 1. The van der Waals surface area contributed by atoms with Gasteiger partial charge in [-0.3, -0.25) is 24.6 Å². The number of nitrogens with zero attached hydrogens (tertiary/aromatic N) is 2. The van der Waals surface area contributed by atoms with Gasteiger partial charge < -0.3 is 20.5 Å². The number of primary amides is 1. The molecule has 2 aromatic rings. The minimum Gasteiger partial charge on any atom is -0.456 e. The summed E-state index contributed by atoms with van der Waals surface area (Å²) >= 11 is 2.74. The van der Waals surface area contributed by atoms with E-state index in [0.717, 1.165) is 4.88 Å². The number of nitrogens with one attached hydrogen (secondary N) is 1. The summed E-state index contributed by atoms with van der Waals surface area (Å²) in [6, 6.07) is 8.29. The summed E-state index contributed by atoms with van der Waals surface area (Å²) < 4.78 is 10.2. The fraction of sp³-hybridized carbons (Fsp3) is 0.273. The van der Waals surface area contributed by atoms with Crippen molar-refractivity contribution in [3.05, 3.63) is 73.6 Å². The minimum absolute atomic E-state index is 0.0735. The highest BCUT2D eigenvalue weighted by Gasteiger charge is 2.54. The molecule has 2 atom stereocenters. The molecule has 0 spiro atoms. The Kier molecular flexibility index (Phi) is 7.55. The summed E-state index contributed by atoms with van der Waals surface area (Å²) in [6.07, 6.45) is -0.905. The molecule has 2 aliphatic rings. The summed E-state index contributed by atoms with van der Waals surface area (Å²) in [4.78, 5) is 61.9. The normalized spacial score (nSPS) is 18.7. The van der Waals surface area contributed by atoms with Gasteiger partial charge in [-0.2, -0.15) is 0 Å². The lowest BCUT2D eigenvalue weighted by Gasteiger charge is -2.49. The third-order valence-corrected chi connectivity index (χ3v) is 7.59. The molecule has 188 valence electrons. The quantitative estimate of drug-likeness (QED) is 0.211. The highest BCUT2D eigenvalue weighted by molar-refractivity contribution is 8.00. The van der Waals surface area contributed by atoms with Crippen LogP contribution in [0.3, 0.4) is 0 Å². The number of amides is 3. The molecule has 0 radical (unpaired) electrons. The first-order chi connectivity index (χ1) is 17.2. The molecule has 0 aliphatic carbocycles. The Morgan fingerprint density at radius 1 is 1.17 bits per heavy atom. The first-order valence-electron chi connectivity index (χ1n) is 10.6. The maximum absolute atomic E-state index is 13.0. The van der Waals surface area contributed by atoms with Gasteiger partial charge in [-0.05, 0) is 29.1 Å². The Morgan fingerprint density at radius 2 is 1.92 bits per heavy atom. The van der Waals surface area contributed by atoms with Gasteiger partial charge in [-0.15, -0.1) is 23.1 Å². The second kappa shape index (κ2) is 10.8. The fourth-order valence-corrected chi connectivity index (χ4v) is 5.70. The highest BCUT2D eigenvalue weighted by atomic mass is 32.2. The summed E-state index contributed by atoms with van der Waals surface area (Å²) in [5, 5.41) is 14.8. The molecule has 3 N–H and O–H groups in total. The largest absolute Gasteiger partial charge is 0.456 e. The molecule has 3 heterocycles. The van der Waals surface area contributed by atoms with Crippen molar-refractivity contribution in [3.8, 4) is 0 Å². The zero-order valence-electron chi connectivity index (χ0n) is 18.6. The van der Waals surface area contributed by atoms with Crippen LogP contribution in [0.15, 0.2) is 53.0 Å². The lowest BCUT2D eigenvalue weighted by molar-refractivity contribution is -0.384. The predicted octanol–water partition coefficient (Wildman–Crippen LogP) is 1.69. The molecule has 0 bridgehead atoms. The second-order valence-corrected chi connectivity index (χ2v) is 9.91. The van der Waals surface area contributed by atoms with Crippen molar-refractivity contribution in [2.24, 2.45) is 5.73 Å². The maximum atomic E-state index is 13.0. The van der Waals surface area contributed by atoms with Crippen LogP contribution in [0.25, 0.3) is 0 Å². The first-order valence-corrected chi connectivity index (χ1v) is 12.5. The van der Waals surface area contributed by atoms with Crippen LogP contribution in [0, 0.1) is 10.1 Å². The van der Waals surface area contributed by atoms with Crippen LogP contribution in [0.2, 0.25) is 0 Å². The van der Waals surface area contributed by atoms with Crippen LogP contribution in [-0.4, -0.2) is 57.5 Å². The van der Waals surface area contributed by atoms with Crippen molar-refractivity contribution in [2.45, 2.75) is 24.4 Å². The Balaban J connectivity index is 1.46. The van der Waals surface area contributed by atoms with Crippen molar-refractivity contribution < 1.29 is 33.6 Å². The van der Waals surface area contributed by atoms with Gasteiger partial charge in [0.15, 0.2) is 0 Å². The lowest BCUT2D eigenvalue weighted by Crippen LogP contribution is -2.70. The molecule has 1 unspecified atom stereocenters. The Hall–Kier alpha value is -3.91. The number of hydrogen-bond donors (Lipinski definition) is 2. The first kappa shape index (κ1) is 25.2. The monoisotopic (exact) mass is 532 g/mol. The Labute approximate surface area is 212 Å². The van der Waals surface area contributed by atoms with E-state index in [9.17, 15) is 29.3 Å². The fourth-order valence-electron chi connectivity index (χ4n) is 3.67. The molecule has 12 nitrogen and oxygen atoms in total. The maximum Gasteiger partial charge on any atom is 0.404 e. The van der Waals surface area contributed by atoms with E-state index in [1.54, 1.807) is 0 Å². The Morgan fingerprint density at radius 3 is 2.56 bits per heavy atom. The molecule has 4 rings (SSSR count). The van der Waals surface area contributed by atoms with Gasteiger partial charge in [0, 0.05) is 28.3 Å². The molecular formula is C22H20N4O8S2. The van der Waals surface area contributed by atoms with E-state index in [-0.39, 0.29) is 42.7 Å². The van der Waals surface area contributed by atoms with E-state index in [0.29, 0.717) is 11.1 Å². The number of carbonyl (C=O) groups is 4. The van der Waals surface area contributed by atoms with Crippen molar-refractivity contribution in [3.63, 3.8) is 0 Å². The average Bonchev–Trinajstić information content (AvgIpc) is 3.37. The number of esters is 1. The number of thioether (sulfide) groups is 1. The third-order valence-electron chi connectivity index (χ3n) is 5.38. The molecule has 3 amide bonds. The van der Waals surface area contributed by atoms with Crippen LogP contribution < -0.4 is 11.1 Å². The summed E-state index contributed by atoms with van der Waals surface area (Å²) in [5.74, 6) is -1.41. The number of benzene rings is 1. The zero-order chi connectivity index (χ0) is 25.8. The summed E-state index contributed by atoms with van der Waals surface area (Å²) in [5.41, 5.74) is 5.71. The van der Waals surface area contributed by atoms with Crippen molar-refractivity contribution in [2.75, 3.05) is 12.4 Å². The van der Waals surface area contributed by atoms with Crippen LogP contribution in [0.5, 0.6) is 0 Å². The van der Waals surface area contributed by atoms with Gasteiger partial charge in [-0.1, -0.05) is 6.07 Å². The number of carbonyl (C=O) groups excluding carboxylic acids is 4. The summed E-state index contributed by atoms with van der Waals surface area (Å²) in [7, 11) is 0. The standard InChI is InChI=1S/C22H20N4O8S2/c23-22(30)34-10-13-11-36-20-17(24-16(27)8-15-2-1-7-35-15)19(28)25(20)18(13)21(29)33-9-12-3-5-14(6-4-12)26(31)32/h1-7,17,20H,8-11H2,(H2,23,30)(H,24,27)/t17?,20-/m1/s1. The van der Waals surface area contributed by atoms with E-state index < -0.39 is 34.3 Å². The number of fused-ring (bicyclic) bond motifs is 1. The number of nitro benzene ring substituents is 1. The van der Waals surface area contributed by atoms with Gasteiger partial charge in [0.25, 0.3) is 11.6 Å². The number of hydrogen-bond acceptors (Lipinski definition) is 10. The van der Waals surface area contributed by atoms with Crippen LogP contribution >= 0.6 is 23.1 Å². The van der Waals surface area contributed by atoms with Crippen molar-refractivity contribution in [1.82, 2.24) is 10.2 Å². The molecule has 1 aromatic heterocycles. The number of nitrogens with two attached hydrogens (primary N) is 1. The van der Waals surface area contributed by atoms with Crippen molar-refractivity contribution >= 4 is 52.7 Å². The lowest BCUT2D eigenvalue weighted by atomic mass is 10.0. The highest BCUT2D eigenvalue weighted by Crippen LogP contribution is 2.41. The van der Waals surface area contributed by atoms with Gasteiger partial charge in [0.05, 0.1) is 11.3 Å². The topological polar surface area (TPSA) is 171 Å². The molecule has 1 saturated heterocycles. The number of β-lactam (4-membered cyclic amide) rings is 1. The summed E-state index contributed by atoms with van der Waals surface area (Å²) in [6.45, 7) is -0.513. The molecule has 1 aromatic carbocycles. The van der Waals surface area contributed by atoms with Crippen LogP contribution in [0.1, 0.15) is 10.4 Å². The van der Waals surface area contributed by atoms with E-state index in [1.807, 2.05) is 17.5 Å². The minimum atomic E-state index is -1.04. The second-order valence-electron chi connectivity index (χ2n) is 7.77. The van der Waals surface area contributed by atoms with Crippen LogP contribution in [0.4, 0.5) is 10.5 Å². The van der Waals surface area contributed by atoms with E-state index in [2.05, 4.69) is 5.32 Å². The smallest absolute Gasteiger partial charge is 0.404 e. The van der Waals surface area contributed by atoms with E-state index >= 15 is 0 Å². The number of non-ortho nitro benzene ring substituents is 1. The molecule has 36 heavy (non-hydrogen) atoms. The predicted molar refractivity (Wildman–Crippen MR) is 128 cm³/mol. The van der Waals surface area contributed by atoms with Gasteiger partial charge >= 0.3 is 12.1 Å². The average molecular weight is 533 g/mol. The molecule has 14 heteroatoms. The van der Waals surface area contributed by atoms with Crippen molar-refractivity contribution in [1.29, 1.82) is 0 Å². The van der Waals surface area contributed by atoms with Gasteiger partial charge in [-0.25, -0.2) is 9.59 Å². The molecular weight excluding hydrogens is 512 g/mol. The van der Waals surface area contributed by atoms with E-state index in [1.165, 1.54) is 52.3 Å². The molecule has 2 aliphatic heterocycles. The Bertz CT molecular complexity index is 1230. The SMILES string of the molecule is NC(=O)OCC1=C(C(=O)OCc2ccc([N+](=O)[O-])cc2)N2C(=O)C(NC(=O)Cc3cccs3)[C@H]2SC1. The van der Waals surface area contributed by atoms with Crippen LogP contribution in [-0.2, 0) is 36.9 Å². The third kappa shape index (κ3) is 5.49. The zero-order valence-corrected chi connectivity index (χ0v) is 20.2. The number of nitro groups is 1.